The molecule has 8 heteroatoms. The van der Waals surface area contributed by atoms with E-state index in [2.05, 4.69) is 15.2 Å². The lowest BCUT2D eigenvalue weighted by Crippen LogP contribution is -2.36. The molecule has 0 bridgehead atoms. The van der Waals surface area contributed by atoms with Gasteiger partial charge in [-0.3, -0.25) is 9.89 Å². The Balaban J connectivity index is 2.63. The molecule has 0 unspecified atom stereocenters. The minimum Gasteiger partial charge on any atom is -0.330 e. The number of hydrogen-bond acceptors (Lipinski definition) is 3. The molecule has 0 aliphatic heterocycles. The number of nitrogens with zero attached hydrogens (tertiary/aromatic N) is 3. The van der Waals surface area contributed by atoms with Crippen LogP contribution in [0.25, 0.3) is 0 Å². The zero-order valence-electron chi connectivity index (χ0n) is 7.17. The summed E-state index contributed by atoms with van der Waals surface area (Å²) in [6.07, 6.45) is -3.36. The topological polar surface area (TPSA) is 61.9 Å². The van der Waals surface area contributed by atoms with Gasteiger partial charge in [0.1, 0.15) is 12.9 Å². The maximum Gasteiger partial charge on any atom is 0.406 e. The van der Waals surface area contributed by atoms with Crippen molar-refractivity contribution < 1.29 is 18.0 Å². The number of H-pyrrole nitrogens is 1. The van der Waals surface area contributed by atoms with Gasteiger partial charge in [-0.2, -0.15) is 18.3 Å². The van der Waals surface area contributed by atoms with Crippen molar-refractivity contribution in [3.8, 4) is 0 Å². The number of halogens is 3. The Morgan fingerprint density at radius 3 is 2.71 bits per heavy atom. The number of amides is 1. The molecule has 1 aromatic heterocycles. The van der Waals surface area contributed by atoms with E-state index in [4.69, 9.17) is 0 Å². The number of rotatable bonds is 2. The van der Waals surface area contributed by atoms with Crippen molar-refractivity contribution in [2.24, 2.45) is 0 Å². The molecular weight excluding hydrogens is 201 g/mol. The third-order valence-electron chi connectivity index (χ3n) is 1.38. The van der Waals surface area contributed by atoms with E-state index in [0.717, 1.165) is 13.4 Å². The molecule has 78 valence electrons. The predicted octanol–water partition coefficient (Wildman–Crippen LogP) is 0.439. The van der Waals surface area contributed by atoms with Gasteiger partial charge in [-0.25, -0.2) is 4.98 Å². The van der Waals surface area contributed by atoms with E-state index in [0.29, 0.717) is 4.90 Å². The third-order valence-corrected chi connectivity index (χ3v) is 1.38. The minimum atomic E-state index is -4.41. The zero-order chi connectivity index (χ0) is 10.8. The summed E-state index contributed by atoms with van der Waals surface area (Å²) in [5.41, 5.74) is 0. The van der Waals surface area contributed by atoms with Crippen LogP contribution in [0.3, 0.4) is 0 Å². The molecule has 1 N–H and O–H groups in total. The fourth-order valence-electron chi connectivity index (χ4n) is 0.830. The fourth-order valence-corrected chi connectivity index (χ4v) is 0.830. The van der Waals surface area contributed by atoms with Crippen LogP contribution in [0.1, 0.15) is 10.6 Å². The Morgan fingerprint density at radius 2 is 2.29 bits per heavy atom. The summed E-state index contributed by atoms with van der Waals surface area (Å²) in [4.78, 5) is 15.1. The number of nitrogens with one attached hydrogen (secondary N) is 1. The van der Waals surface area contributed by atoms with Crippen molar-refractivity contribution in [1.82, 2.24) is 20.1 Å². The highest BCUT2D eigenvalue weighted by Crippen LogP contribution is 2.16. The molecule has 0 fully saturated rings. The van der Waals surface area contributed by atoms with Crippen LogP contribution >= 0.6 is 0 Å². The predicted molar refractivity (Wildman–Crippen MR) is 39.4 cm³/mol. The van der Waals surface area contributed by atoms with Gasteiger partial charge in [-0.1, -0.05) is 0 Å². The van der Waals surface area contributed by atoms with E-state index < -0.39 is 18.6 Å². The number of alkyl halides is 3. The van der Waals surface area contributed by atoms with Crippen molar-refractivity contribution in [3.05, 3.63) is 12.2 Å². The van der Waals surface area contributed by atoms with Gasteiger partial charge in [0.05, 0.1) is 0 Å². The van der Waals surface area contributed by atoms with Crippen LogP contribution in [-0.4, -0.2) is 45.8 Å². The molecule has 1 aromatic rings. The van der Waals surface area contributed by atoms with Crippen LogP contribution < -0.4 is 0 Å². The zero-order valence-corrected chi connectivity index (χ0v) is 7.17. The summed E-state index contributed by atoms with van der Waals surface area (Å²) in [7, 11) is 1.04. The van der Waals surface area contributed by atoms with E-state index in [-0.39, 0.29) is 5.82 Å². The van der Waals surface area contributed by atoms with E-state index in [1.165, 1.54) is 0 Å². The summed E-state index contributed by atoms with van der Waals surface area (Å²) < 4.78 is 35.6. The van der Waals surface area contributed by atoms with Crippen molar-refractivity contribution in [1.29, 1.82) is 0 Å². The molecule has 0 aliphatic carbocycles. The van der Waals surface area contributed by atoms with Crippen molar-refractivity contribution in [2.75, 3.05) is 13.6 Å². The number of aromatic nitrogens is 3. The smallest absolute Gasteiger partial charge is 0.330 e. The quantitative estimate of drug-likeness (QED) is 0.767. The fraction of sp³-hybridized carbons (Fsp3) is 0.500. The van der Waals surface area contributed by atoms with Crippen LogP contribution in [0.2, 0.25) is 0 Å². The highest BCUT2D eigenvalue weighted by atomic mass is 19.4. The van der Waals surface area contributed by atoms with Crippen LogP contribution in [-0.2, 0) is 0 Å². The Bertz CT molecular complexity index is 307. The molecule has 1 rings (SSSR count). The molecular formula is C6H7F3N4O. The highest BCUT2D eigenvalue weighted by molar-refractivity contribution is 5.90. The van der Waals surface area contributed by atoms with Crippen molar-refractivity contribution in [2.45, 2.75) is 6.18 Å². The number of carbonyl (C=O) groups is 1. The summed E-state index contributed by atoms with van der Waals surface area (Å²) in [5.74, 6) is -1.06. The van der Waals surface area contributed by atoms with E-state index in [9.17, 15) is 18.0 Å². The van der Waals surface area contributed by atoms with Crippen LogP contribution in [0.5, 0.6) is 0 Å². The molecule has 5 nitrogen and oxygen atoms in total. The summed E-state index contributed by atoms with van der Waals surface area (Å²) in [6.45, 7) is -1.31. The van der Waals surface area contributed by atoms with E-state index >= 15 is 0 Å². The third kappa shape index (κ3) is 2.71. The second kappa shape index (κ2) is 3.64. The maximum atomic E-state index is 11.9. The van der Waals surface area contributed by atoms with Gasteiger partial charge < -0.3 is 4.90 Å². The lowest BCUT2D eigenvalue weighted by atomic mass is 10.4. The molecule has 0 saturated carbocycles. The normalized spacial score (nSPS) is 11.4. The number of carbonyl (C=O) groups excluding carboxylic acids is 1. The largest absolute Gasteiger partial charge is 0.406 e. The molecule has 1 heterocycles. The van der Waals surface area contributed by atoms with Crippen molar-refractivity contribution in [3.63, 3.8) is 0 Å². The SMILES string of the molecule is CN(CC(F)(F)F)C(=O)c1ncn[nH]1. The molecule has 0 radical (unpaired) electrons. The lowest BCUT2D eigenvalue weighted by molar-refractivity contribution is -0.138. The second-order valence-electron chi connectivity index (χ2n) is 2.61. The molecule has 0 spiro atoms. The van der Waals surface area contributed by atoms with Crippen LogP contribution in [0.15, 0.2) is 6.33 Å². The Morgan fingerprint density at radius 1 is 1.64 bits per heavy atom. The van der Waals surface area contributed by atoms with Gasteiger partial charge in [0.15, 0.2) is 0 Å². The summed E-state index contributed by atoms with van der Waals surface area (Å²) >= 11 is 0. The van der Waals surface area contributed by atoms with Gasteiger partial charge in [0.2, 0.25) is 5.82 Å². The summed E-state index contributed by atoms with van der Waals surface area (Å²) in [6, 6.07) is 0. The first-order chi connectivity index (χ1) is 6.40. The van der Waals surface area contributed by atoms with E-state index in [1.54, 1.807) is 0 Å². The molecule has 14 heavy (non-hydrogen) atoms. The first-order valence-corrected chi connectivity index (χ1v) is 3.58. The summed E-state index contributed by atoms with van der Waals surface area (Å²) in [5, 5.41) is 5.54. The maximum absolute atomic E-state index is 11.9. The van der Waals surface area contributed by atoms with Gasteiger partial charge in [-0.05, 0) is 0 Å². The second-order valence-corrected chi connectivity index (χ2v) is 2.61. The molecule has 0 atom stereocenters. The Hall–Kier alpha value is -1.60. The van der Waals surface area contributed by atoms with E-state index in [1.807, 2.05) is 0 Å². The lowest BCUT2D eigenvalue weighted by Gasteiger charge is -2.17. The first kappa shape index (κ1) is 10.5. The van der Waals surface area contributed by atoms with Gasteiger partial charge in [-0.15, -0.1) is 0 Å². The molecule has 1 amide bonds. The molecule has 0 aliphatic rings. The van der Waals surface area contributed by atoms with Crippen LogP contribution in [0, 0.1) is 0 Å². The first-order valence-electron chi connectivity index (χ1n) is 3.58. The minimum absolute atomic E-state index is 0.211. The Labute approximate surface area is 76.9 Å². The van der Waals surface area contributed by atoms with Gasteiger partial charge in [0.25, 0.3) is 5.91 Å². The average Bonchev–Trinajstić information content (AvgIpc) is 2.51. The van der Waals surface area contributed by atoms with Crippen molar-refractivity contribution >= 4 is 5.91 Å². The van der Waals surface area contributed by atoms with Gasteiger partial charge >= 0.3 is 6.18 Å². The standard InChI is InChI=1S/C6H7F3N4O/c1-13(2-6(7,8)9)5(14)4-10-3-11-12-4/h3H,2H2,1H3,(H,10,11,12). The van der Waals surface area contributed by atoms with Crippen LogP contribution in [0.4, 0.5) is 13.2 Å². The number of hydrogen-bond donors (Lipinski definition) is 1. The Kier molecular flexibility index (Phi) is 2.73. The molecule has 0 saturated heterocycles. The number of aromatic amines is 1. The average molecular weight is 208 g/mol. The molecule has 0 aromatic carbocycles. The highest BCUT2D eigenvalue weighted by Gasteiger charge is 2.32. The van der Waals surface area contributed by atoms with Gasteiger partial charge in [0, 0.05) is 7.05 Å². The monoisotopic (exact) mass is 208 g/mol.